The Morgan fingerprint density at radius 2 is 1.00 bits per heavy atom. The van der Waals surface area contributed by atoms with E-state index in [1.807, 2.05) is 0 Å². The second-order valence-corrected chi connectivity index (χ2v) is 8.57. The van der Waals surface area contributed by atoms with Crippen LogP contribution in [0, 0.1) is 0 Å². The monoisotopic (exact) mass is 398 g/mol. The lowest BCUT2D eigenvalue weighted by molar-refractivity contribution is -0.141. The normalized spacial score (nSPS) is 12.2. The Morgan fingerprint density at radius 3 is 1.36 bits per heavy atom. The van der Waals surface area contributed by atoms with Crippen LogP contribution in [0.25, 0.3) is 0 Å². The molecule has 0 rings (SSSR count). The minimum absolute atomic E-state index is 0.225. The minimum atomic E-state index is -0.347. The van der Waals surface area contributed by atoms with Gasteiger partial charge in [0.25, 0.3) is 0 Å². The van der Waals surface area contributed by atoms with Crippen molar-refractivity contribution in [3.63, 3.8) is 0 Å². The zero-order valence-electron chi connectivity index (χ0n) is 19.2. The van der Waals surface area contributed by atoms with E-state index in [0.717, 1.165) is 12.8 Å². The highest BCUT2D eigenvalue weighted by Gasteiger charge is 2.07. The number of methoxy groups -OCH3 is 1. The number of ether oxygens (including phenoxy) is 1. The van der Waals surface area contributed by atoms with E-state index in [1.54, 1.807) is 0 Å². The average Bonchev–Trinajstić information content (AvgIpc) is 2.71. The summed E-state index contributed by atoms with van der Waals surface area (Å²) >= 11 is 0. The average molecular weight is 399 g/mol. The van der Waals surface area contributed by atoms with E-state index in [9.17, 15) is 9.90 Å². The van der Waals surface area contributed by atoms with Crippen molar-refractivity contribution in [2.45, 2.75) is 148 Å². The molecule has 168 valence electrons. The zero-order chi connectivity index (χ0) is 20.7. The van der Waals surface area contributed by atoms with Crippen LogP contribution in [0.5, 0.6) is 0 Å². The minimum Gasteiger partial charge on any atom is -0.469 e. The zero-order valence-corrected chi connectivity index (χ0v) is 19.2. The van der Waals surface area contributed by atoms with Crippen LogP contribution in [0.2, 0.25) is 0 Å². The predicted molar refractivity (Wildman–Crippen MR) is 121 cm³/mol. The summed E-state index contributed by atoms with van der Waals surface area (Å²) in [5.41, 5.74) is 0. The van der Waals surface area contributed by atoms with Crippen LogP contribution in [-0.2, 0) is 9.53 Å². The van der Waals surface area contributed by atoms with Gasteiger partial charge in [-0.25, -0.2) is 0 Å². The van der Waals surface area contributed by atoms with Crippen LogP contribution in [0.4, 0.5) is 0 Å². The number of aliphatic hydroxyl groups excluding tert-OH is 1. The fraction of sp³-hybridized carbons (Fsp3) is 0.960. The first-order chi connectivity index (χ1) is 13.7. The van der Waals surface area contributed by atoms with Gasteiger partial charge in [-0.2, -0.15) is 0 Å². The van der Waals surface area contributed by atoms with Gasteiger partial charge >= 0.3 is 5.97 Å². The summed E-state index contributed by atoms with van der Waals surface area (Å²) in [5.74, 6) is -0.225. The molecule has 1 atom stereocenters. The summed E-state index contributed by atoms with van der Waals surface area (Å²) in [5, 5.41) is 9.82. The number of unbranched alkanes of at least 4 members (excludes halogenated alkanes) is 17. The van der Waals surface area contributed by atoms with Crippen molar-refractivity contribution in [2.24, 2.45) is 0 Å². The van der Waals surface area contributed by atoms with Gasteiger partial charge in [-0.3, -0.25) is 4.79 Å². The van der Waals surface area contributed by atoms with Crippen LogP contribution in [0.3, 0.4) is 0 Å². The second-order valence-electron chi connectivity index (χ2n) is 8.57. The van der Waals surface area contributed by atoms with Crippen molar-refractivity contribution >= 4 is 5.97 Å². The van der Waals surface area contributed by atoms with E-state index in [-0.39, 0.29) is 12.1 Å². The Hall–Kier alpha value is -0.570. The first kappa shape index (κ1) is 27.4. The summed E-state index contributed by atoms with van der Waals surface area (Å²) in [4.78, 5) is 11.0. The van der Waals surface area contributed by atoms with Crippen molar-refractivity contribution in [3.8, 4) is 0 Å². The summed E-state index contributed by atoms with van der Waals surface area (Å²) in [6, 6.07) is 0. The lowest BCUT2D eigenvalue weighted by Crippen LogP contribution is -2.10. The first-order valence-electron chi connectivity index (χ1n) is 12.5. The smallest absolute Gasteiger partial charge is 0.305 e. The Morgan fingerprint density at radius 1 is 0.643 bits per heavy atom. The Balaban J connectivity index is 3.11. The third-order valence-corrected chi connectivity index (χ3v) is 5.80. The number of hydrogen-bond acceptors (Lipinski definition) is 3. The third-order valence-electron chi connectivity index (χ3n) is 5.80. The van der Waals surface area contributed by atoms with E-state index in [4.69, 9.17) is 0 Å². The van der Waals surface area contributed by atoms with Crippen molar-refractivity contribution in [2.75, 3.05) is 7.11 Å². The molecule has 3 heteroatoms. The third kappa shape index (κ3) is 21.7. The van der Waals surface area contributed by atoms with Crippen molar-refractivity contribution in [3.05, 3.63) is 0 Å². The molecule has 0 aromatic rings. The molecule has 0 heterocycles. The predicted octanol–water partition coefficient (Wildman–Crippen LogP) is 7.73. The number of esters is 1. The Labute approximate surface area is 176 Å². The maximum Gasteiger partial charge on any atom is 0.305 e. The summed E-state index contributed by atoms with van der Waals surface area (Å²) < 4.78 is 4.59. The molecular formula is C25H50O3. The molecule has 0 amide bonds. The van der Waals surface area contributed by atoms with Crippen LogP contribution in [0.15, 0.2) is 0 Å². The Kier molecular flexibility index (Phi) is 22.3. The van der Waals surface area contributed by atoms with Gasteiger partial charge in [-0.1, -0.05) is 122 Å². The fourth-order valence-corrected chi connectivity index (χ4v) is 3.81. The highest BCUT2D eigenvalue weighted by atomic mass is 16.5. The molecule has 0 aromatic carbocycles. The largest absolute Gasteiger partial charge is 0.469 e. The molecule has 0 aliphatic rings. The fourth-order valence-electron chi connectivity index (χ4n) is 3.81. The highest BCUT2D eigenvalue weighted by molar-refractivity contribution is 5.69. The van der Waals surface area contributed by atoms with Gasteiger partial charge in [0.1, 0.15) is 0 Å². The Bertz CT molecular complexity index is 317. The van der Waals surface area contributed by atoms with Gasteiger partial charge in [0.15, 0.2) is 0 Å². The molecule has 0 fully saturated rings. The second kappa shape index (κ2) is 22.7. The molecule has 0 aliphatic heterocycles. The van der Waals surface area contributed by atoms with E-state index in [1.165, 1.54) is 116 Å². The summed E-state index contributed by atoms with van der Waals surface area (Å²) in [7, 11) is 1.39. The van der Waals surface area contributed by atoms with E-state index >= 15 is 0 Å². The number of carbonyl (C=O) groups is 1. The van der Waals surface area contributed by atoms with Crippen molar-refractivity contribution < 1.29 is 14.6 Å². The quantitative estimate of drug-likeness (QED) is 0.150. The SMILES string of the molecule is CCCCCCCCCCCCCCCCCCCCC(O)CCC(=O)OC. The first-order valence-corrected chi connectivity index (χ1v) is 12.5. The van der Waals surface area contributed by atoms with Crippen molar-refractivity contribution in [1.82, 2.24) is 0 Å². The molecule has 0 aliphatic carbocycles. The van der Waals surface area contributed by atoms with Gasteiger partial charge in [-0.15, -0.1) is 0 Å². The summed E-state index contributed by atoms with van der Waals surface area (Å²) in [6.45, 7) is 2.28. The van der Waals surface area contributed by atoms with E-state index in [0.29, 0.717) is 12.8 Å². The van der Waals surface area contributed by atoms with Gasteiger partial charge < -0.3 is 9.84 Å². The molecule has 1 unspecified atom stereocenters. The molecule has 0 saturated heterocycles. The van der Waals surface area contributed by atoms with Gasteiger partial charge in [0.2, 0.25) is 0 Å². The highest BCUT2D eigenvalue weighted by Crippen LogP contribution is 2.15. The number of rotatable bonds is 22. The summed E-state index contributed by atoms with van der Waals surface area (Å²) in [6.07, 6.45) is 26.1. The number of carbonyl (C=O) groups excluding carboxylic acids is 1. The lowest BCUT2D eigenvalue weighted by atomic mass is 10.0. The molecule has 0 saturated carbocycles. The van der Waals surface area contributed by atoms with Gasteiger partial charge in [-0.05, 0) is 12.8 Å². The van der Waals surface area contributed by atoms with Crippen LogP contribution >= 0.6 is 0 Å². The topological polar surface area (TPSA) is 46.5 Å². The van der Waals surface area contributed by atoms with Gasteiger partial charge in [0.05, 0.1) is 13.2 Å². The molecule has 0 radical (unpaired) electrons. The standard InChI is InChI=1S/C25H50O3/c1-3-4-5-6-7-8-9-10-11-12-13-14-15-16-17-18-19-20-21-24(26)22-23-25(27)28-2/h24,26H,3-23H2,1-2H3. The molecule has 0 aromatic heterocycles. The number of aliphatic hydroxyl groups is 1. The van der Waals surface area contributed by atoms with Crippen LogP contribution in [0.1, 0.15) is 142 Å². The molecule has 3 nitrogen and oxygen atoms in total. The maximum absolute atomic E-state index is 11.0. The maximum atomic E-state index is 11.0. The molecule has 28 heavy (non-hydrogen) atoms. The number of hydrogen-bond donors (Lipinski definition) is 1. The van der Waals surface area contributed by atoms with E-state index < -0.39 is 0 Å². The molecule has 0 spiro atoms. The lowest BCUT2D eigenvalue weighted by Gasteiger charge is -2.09. The molecular weight excluding hydrogens is 348 g/mol. The molecule has 1 N–H and O–H groups in total. The van der Waals surface area contributed by atoms with Crippen molar-refractivity contribution in [1.29, 1.82) is 0 Å². The van der Waals surface area contributed by atoms with Crippen LogP contribution in [-0.4, -0.2) is 24.3 Å². The molecule has 0 bridgehead atoms. The van der Waals surface area contributed by atoms with Crippen LogP contribution < -0.4 is 0 Å². The van der Waals surface area contributed by atoms with E-state index in [2.05, 4.69) is 11.7 Å². The van der Waals surface area contributed by atoms with Gasteiger partial charge in [0, 0.05) is 6.42 Å².